The van der Waals surface area contributed by atoms with Crippen molar-refractivity contribution < 1.29 is 4.79 Å². The third-order valence-electron chi connectivity index (χ3n) is 3.41. The standard InChI is InChI=1S/C13H21N3OS/c1-3-4-11-15-9(2)12(18-11)13(17)16-6-5-10(7-14)8-16/h10H,3-8,14H2,1-2H3/t10-/m0/s1. The number of carbonyl (C=O) groups is 1. The van der Waals surface area contributed by atoms with Crippen LogP contribution in [0.1, 0.15) is 40.1 Å². The van der Waals surface area contributed by atoms with Crippen molar-refractivity contribution in [1.29, 1.82) is 0 Å². The number of aromatic nitrogens is 1. The lowest BCUT2D eigenvalue weighted by molar-refractivity contribution is 0.0791. The van der Waals surface area contributed by atoms with E-state index in [-0.39, 0.29) is 5.91 Å². The summed E-state index contributed by atoms with van der Waals surface area (Å²) in [6.07, 6.45) is 3.06. The average molecular weight is 267 g/mol. The van der Waals surface area contributed by atoms with Gasteiger partial charge in [0, 0.05) is 13.1 Å². The van der Waals surface area contributed by atoms with Crippen LogP contribution in [0, 0.1) is 12.8 Å². The fraction of sp³-hybridized carbons (Fsp3) is 0.692. The van der Waals surface area contributed by atoms with Gasteiger partial charge in [0.05, 0.1) is 10.7 Å². The van der Waals surface area contributed by atoms with Gasteiger partial charge in [-0.1, -0.05) is 6.92 Å². The maximum Gasteiger partial charge on any atom is 0.265 e. The second kappa shape index (κ2) is 5.80. The third-order valence-corrected chi connectivity index (χ3v) is 4.61. The molecular weight excluding hydrogens is 246 g/mol. The monoisotopic (exact) mass is 267 g/mol. The molecule has 0 aromatic carbocycles. The number of aryl methyl sites for hydroxylation is 2. The van der Waals surface area contributed by atoms with Crippen molar-refractivity contribution in [2.75, 3.05) is 19.6 Å². The highest BCUT2D eigenvalue weighted by Gasteiger charge is 2.28. The zero-order valence-corrected chi connectivity index (χ0v) is 11.9. The highest BCUT2D eigenvalue weighted by molar-refractivity contribution is 7.13. The van der Waals surface area contributed by atoms with Gasteiger partial charge < -0.3 is 10.6 Å². The molecule has 1 saturated heterocycles. The topological polar surface area (TPSA) is 59.2 Å². The van der Waals surface area contributed by atoms with E-state index < -0.39 is 0 Å². The summed E-state index contributed by atoms with van der Waals surface area (Å²) in [5, 5.41) is 1.08. The molecule has 1 aromatic rings. The molecule has 0 bridgehead atoms. The Morgan fingerprint density at radius 2 is 2.39 bits per heavy atom. The van der Waals surface area contributed by atoms with Crippen molar-refractivity contribution in [1.82, 2.24) is 9.88 Å². The van der Waals surface area contributed by atoms with Crippen LogP contribution < -0.4 is 5.73 Å². The molecule has 5 heteroatoms. The molecule has 0 spiro atoms. The van der Waals surface area contributed by atoms with Crippen molar-refractivity contribution in [3.8, 4) is 0 Å². The van der Waals surface area contributed by atoms with E-state index in [1.165, 1.54) is 0 Å². The van der Waals surface area contributed by atoms with Gasteiger partial charge >= 0.3 is 0 Å². The minimum absolute atomic E-state index is 0.142. The normalized spacial score (nSPS) is 19.5. The molecular formula is C13H21N3OS. The second-order valence-corrected chi connectivity index (χ2v) is 6.00. The molecule has 0 aliphatic carbocycles. The molecule has 100 valence electrons. The summed E-state index contributed by atoms with van der Waals surface area (Å²) >= 11 is 1.55. The van der Waals surface area contributed by atoms with Crippen molar-refractivity contribution in [3.05, 3.63) is 15.6 Å². The van der Waals surface area contributed by atoms with Crippen LogP contribution in [0.4, 0.5) is 0 Å². The van der Waals surface area contributed by atoms with E-state index >= 15 is 0 Å². The average Bonchev–Trinajstić information content (AvgIpc) is 2.95. The summed E-state index contributed by atoms with van der Waals surface area (Å²) in [7, 11) is 0. The van der Waals surface area contributed by atoms with Crippen LogP contribution in [0.15, 0.2) is 0 Å². The first-order valence-corrected chi connectivity index (χ1v) is 7.43. The van der Waals surface area contributed by atoms with E-state index in [1.54, 1.807) is 11.3 Å². The predicted molar refractivity (Wildman–Crippen MR) is 73.9 cm³/mol. The quantitative estimate of drug-likeness (QED) is 0.905. The van der Waals surface area contributed by atoms with Crippen LogP contribution >= 0.6 is 11.3 Å². The lowest BCUT2D eigenvalue weighted by Gasteiger charge is -2.15. The number of carbonyl (C=O) groups excluding carboxylic acids is 1. The number of thiazole rings is 1. The molecule has 18 heavy (non-hydrogen) atoms. The second-order valence-electron chi connectivity index (χ2n) is 4.91. The first-order chi connectivity index (χ1) is 8.65. The van der Waals surface area contributed by atoms with Gasteiger partial charge in [0.1, 0.15) is 4.88 Å². The van der Waals surface area contributed by atoms with E-state index in [4.69, 9.17) is 5.73 Å². The highest BCUT2D eigenvalue weighted by Crippen LogP contribution is 2.24. The highest BCUT2D eigenvalue weighted by atomic mass is 32.1. The number of likely N-dealkylation sites (tertiary alicyclic amines) is 1. The molecule has 1 fully saturated rings. The van der Waals surface area contributed by atoms with Crippen molar-refractivity contribution in [2.45, 2.75) is 33.1 Å². The van der Waals surface area contributed by atoms with Crippen LogP contribution in [-0.4, -0.2) is 35.4 Å². The zero-order valence-electron chi connectivity index (χ0n) is 11.1. The van der Waals surface area contributed by atoms with Crippen LogP contribution in [0.2, 0.25) is 0 Å². The van der Waals surface area contributed by atoms with Gasteiger partial charge in [0.25, 0.3) is 5.91 Å². The SMILES string of the molecule is CCCc1nc(C)c(C(=O)N2CC[C@@H](CN)C2)s1. The maximum atomic E-state index is 12.4. The number of hydrogen-bond donors (Lipinski definition) is 1. The molecule has 2 N–H and O–H groups in total. The van der Waals surface area contributed by atoms with E-state index in [0.29, 0.717) is 12.5 Å². The molecule has 0 unspecified atom stereocenters. The van der Waals surface area contributed by atoms with Gasteiger partial charge in [-0.25, -0.2) is 4.98 Å². The van der Waals surface area contributed by atoms with Crippen LogP contribution in [0.3, 0.4) is 0 Å². The summed E-state index contributed by atoms with van der Waals surface area (Å²) in [4.78, 5) is 19.6. The fourth-order valence-corrected chi connectivity index (χ4v) is 3.46. The van der Waals surface area contributed by atoms with Crippen molar-refractivity contribution in [3.63, 3.8) is 0 Å². The summed E-state index contributed by atoms with van der Waals surface area (Å²) in [6.45, 7) is 6.37. The molecule has 0 saturated carbocycles. The molecule has 1 aliphatic rings. The number of nitrogens with zero attached hydrogens (tertiary/aromatic N) is 2. The molecule has 1 atom stereocenters. The molecule has 2 rings (SSSR count). The third kappa shape index (κ3) is 2.72. The first-order valence-electron chi connectivity index (χ1n) is 6.61. The predicted octanol–water partition coefficient (Wildman–Crippen LogP) is 1.82. The summed E-state index contributed by atoms with van der Waals surface area (Å²) < 4.78 is 0. The van der Waals surface area contributed by atoms with E-state index in [0.717, 1.165) is 47.9 Å². The molecule has 1 aliphatic heterocycles. The lowest BCUT2D eigenvalue weighted by atomic mass is 10.1. The Kier molecular flexibility index (Phi) is 4.35. The van der Waals surface area contributed by atoms with Gasteiger partial charge in [0.2, 0.25) is 0 Å². The Morgan fingerprint density at radius 1 is 1.61 bits per heavy atom. The Bertz CT molecular complexity index is 430. The van der Waals surface area contributed by atoms with Gasteiger partial charge in [-0.05, 0) is 38.6 Å². The van der Waals surface area contributed by atoms with Gasteiger partial charge in [0.15, 0.2) is 0 Å². The van der Waals surface area contributed by atoms with E-state index in [2.05, 4.69) is 11.9 Å². The number of rotatable bonds is 4. The van der Waals surface area contributed by atoms with Crippen LogP contribution in [0.25, 0.3) is 0 Å². The molecule has 1 aromatic heterocycles. The molecule has 1 amide bonds. The zero-order chi connectivity index (χ0) is 13.1. The Labute approximate surface area is 112 Å². The maximum absolute atomic E-state index is 12.4. The van der Waals surface area contributed by atoms with E-state index in [1.807, 2.05) is 11.8 Å². The Morgan fingerprint density at radius 3 is 3.00 bits per heavy atom. The smallest absolute Gasteiger partial charge is 0.265 e. The number of nitrogens with two attached hydrogens (primary N) is 1. The number of amides is 1. The van der Waals surface area contributed by atoms with E-state index in [9.17, 15) is 4.79 Å². The fourth-order valence-electron chi connectivity index (χ4n) is 2.32. The van der Waals surface area contributed by atoms with Gasteiger partial charge in [-0.2, -0.15) is 0 Å². The van der Waals surface area contributed by atoms with Crippen LogP contribution in [0.5, 0.6) is 0 Å². The summed E-state index contributed by atoms with van der Waals surface area (Å²) in [5.74, 6) is 0.612. The van der Waals surface area contributed by atoms with Crippen molar-refractivity contribution in [2.24, 2.45) is 11.7 Å². The lowest BCUT2D eigenvalue weighted by Crippen LogP contribution is -2.29. The number of hydrogen-bond acceptors (Lipinski definition) is 4. The molecule has 0 radical (unpaired) electrons. The molecule has 4 nitrogen and oxygen atoms in total. The van der Waals surface area contributed by atoms with Gasteiger partial charge in [-0.3, -0.25) is 4.79 Å². The summed E-state index contributed by atoms with van der Waals surface area (Å²) in [5.41, 5.74) is 6.54. The van der Waals surface area contributed by atoms with Crippen molar-refractivity contribution >= 4 is 17.2 Å². The van der Waals surface area contributed by atoms with Crippen LogP contribution in [-0.2, 0) is 6.42 Å². The Balaban J connectivity index is 2.09. The first kappa shape index (κ1) is 13.5. The molecule has 2 heterocycles. The minimum atomic E-state index is 0.142. The van der Waals surface area contributed by atoms with Gasteiger partial charge in [-0.15, -0.1) is 11.3 Å². The Hall–Kier alpha value is -0.940. The summed E-state index contributed by atoms with van der Waals surface area (Å²) in [6, 6.07) is 0. The largest absolute Gasteiger partial charge is 0.338 e. The minimum Gasteiger partial charge on any atom is -0.338 e.